The molecule has 0 aromatic rings. The molecule has 0 radical (unpaired) electrons. The Balaban J connectivity index is 0. The molecule has 0 aliphatic heterocycles. The minimum absolute atomic E-state index is 0. The molecular formula is C16H32ClN3O2. The molecule has 5 nitrogen and oxygen atoms in total. The second-order valence-electron chi connectivity index (χ2n) is 6.95. The molecule has 0 aliphatic rings. The molecule has 0 aromatic heterocycles. The van der Waals surface area contributed by atoms with Gasteiger partial charge in [0, 0.05) is 24.1 Å². The van der Waals surface area contributed by atoms with Crippen LogP contribution in [0.15, 0.2) is 12.2 Å². The van der Waals surface area contributed by atoms with E-state index in [-0.39, 0.29) is 29.8 Å². The zero-order valence-corrected chi connectivity index (χ0v) is 15.6. The fourth-order valence-corrected chi connectivity index (χ4v) is 1.86. The molecule has 0 bridgehead atoms. The molecule has 2 amide bonds. The van der Waals surface area contributed by atoms with Crippen molar-refractivity contribution in [3.8, 4) is 0 Å². The van der Waals surface area contributed by atoms with Gasteiger partial charge in [0.25, 0.3) is 0 Å². The van der Waals surface area contributed by atoms with Crippen molar-refractivity contribution in [1.82, 2.24) is 10.6 Å². The molecule has 0 unspecified atom stereocenters. The Hall–Kier alpha value is -1.07. The lowest BCUT2D eigenvalue weighted by atomic mass is 9.99. The first-order valence-electron chi connectivity index (χ1n) is 7.56. The molecule has 130 valence electrons. The maximum atomic E-state index is 11.7. The summed E-state index contributed by atoms with van der Waals surface area (Å²) in [5.41, 5.74) is 0.241. The van der Waals surface area contributed by atoms with Crippen molar-refractivity contribution in [3.05, 3.63) is 12.2 Å². The number of nitrogens with one attached hydrogen (secondary N) is 2. The topological polar surface area (TPSA) is 58.2 Å². The average molecular weight is 334 g/mol. The first kappa shape index (κ1) is 23.2. The zero-order valence-electron chi connectivity index (χ0n) is 14.9. The van der Waals surface area contributed by atoms with Gasteiger partial charge in [0.15, 0.2) is 0 Å². The molecule has 0 aliphatic carbocycles. The van der Waals surface area contributed by atoms with E-state index in [1.54, 1.807) is 6.92 Å². The van der Waals surface area contributed by atoms with E-state index in [2.05, 4.69) is 31.3 Å². The zero-order chi connectivity index (χ0) is 16.7. The van der Waals surface area contributed by atoms with E-state index in [0.717, 1.165) is 24.0 Å². The molecule has 2 N–H and O–H groups in total. The fraction of sp³-hybridized carbons (Fsp3) is 0.750. The highest BCUT2D eigenvalue weighted by Crippen LogP contribution is 2.13. The highest BCUT2D eigenvalue weighted by atomic mass is 35.5. The minimum atomic E-state index is -0.281. The lowest BCUT2D eigenvalue weighted by molar-refractivity contribution is -0.890. The Labute approximate surface area is 141 Å². The van der Waals surface area contributed by atoms with Gasteiger partial charge < -0.3 is 27.5 Å². The van der Waals surface area contributed by atoms with Crippen LogP contribution in [0.25, 0.3) is 0 Å². The Morgan fingerprint density at radius 1 is 1.18 bits per heavy atom. The molecule has 0 atom stereocenters. The van der Waals surface area contributed by atoms with Crippen LogP contribution >= 0.6 is 0 Å². The quantitative estimate of drug-likeness (QED) is 0.397. The summed E-state index contributed by atoms with van der Waals surface area (Å²) in [4.78, 5) is 23.2. The van der Waals surface area contributed by atoms with Crippen molar-refractivity contribution >= 4 is 11.8 Å². The number of rotatable bonds is 9. The minimum Gasteiger partial charge on any atom is -1.00 e. The number of carbonyl (C=O) groups excluding carboxylic acids is 2. The highest BCUT2D eigenvalue weighted by Gasteiger charge is 2.25. The lowest BCUT2D eigenvalue weighted by Crippen LogP contribution is -3.00. The smallest absolute Gasteiger partial charge is 0.246 e. The van der Waals surface area contributed by atoms with Gasteiger partial charge in [0.05, 0.1) is 33.6 Å². The van der Waals surface area contributed by atoms with Crippen LogP contribution < -0.4 is 23.0 Å². The third kappa shape index (κ3) is 10.6. The van der Waals surface area contributed by atoms with Gasteiger partial charge in [0.2, 0.25) is 11.8 Å². The van der Waals surface area contributed by atoms with Gasteiger partial charge in [-0.3, -0.25) is 9.59 Å². The van der Waals surface area contributed by atoms with E-state index in [0.29, 0.717) is 18.5 Å². The molecule has 0 rings (SSSR count). The number of nitrogens with zero attached hydrogens (tertiary/aromatic N) is 1. The van der Waals surface area contributed by atoms with Crippen LogP contribution in [0.4, 0.5) is 0 Å². The molecule has 0 saturated carbocycles. The van der Waals surface area contributed by atoms with E-state index in [4.69, 9.17) is 0 Å². The number of amides is 2. The third-order valence-corrected chi connectivity index (χ3v) is 3.50. The standard InChI is InChI=1S/C16H31N3O2.ClH/c1-8-17-14(20)9-11-19(6,7)12-10-16(4,5)18-15(21)13(2)3;/h2,8-12H2,1,3-7H3,(H-,17,18,20,21);1H. The summed E-state index contributed by atoms with van der Waals surface area (Å²) in [6.07, 6.45) is 1.37. The highest BCUT2D eigenvalue weighted by molar-refractivity contribution is 5.92. The maximum absolute atomic E-state index is 11.7. The number of carbonyl (C=O) groups is 2. The van der Waals surface area contributed by atoms with Gasteiger partial charge in [-0.25, -0.2) is 0 Å². The van der Waals surface area contributed by atoms with E-state index < -0.39 is 0 Å². The molecule has 22 heavy (non-hydrogen) atoms. The van der Waals surface area contributed by atoms with Crippen molar-refractivity contribution in [2.24, 2.45) is 0 Å². The number of hydrogen-bond donors (Lipinski definition) is 2. The van der Waals surface area contributed by atoms with Crippen LogP contribution in [0.5, 0.6) is 0 Å². The molecule has 6 heteroatoms. The Bertz CT molecular complexity index is 393. The van der Waals surface area contributed by atoms with Gasteiger partial charge >= 0.3 is 0 Å². The van der Waals surface area contributed by atoms with Gasteiger partial charge in [-0.15, -0.1) is 0 Å². The number of halogens is 1. The second kappa shape index (κ2) is 9.85. The van der Waals surface area contributed by atoms with E-state index in [9.17, 15) is 9.59 Å². The van der Waals surface area contributed by atoms with Gasteiger partial charge in [0.1, 0.15) is 0 Å². The number of hydrogen-bond acceptors (Lipinski definition) is 2. The van der Waals surface area contributed by atoms with Crippen molar-refractivity contribution in [2.45, 2.75) is 46.1 Å². The van der Waals surface area contributed by atoms with Crippen LogP contribution in [0.2, 0.25) is 0 Å². The lowest BCUT2D eigenvalue weighted by Gasteiger charge is -2.34. The summed E-state index contributed by atoms with van der Waals surface area (Å²) < 4.78 is 0.753. The van der Waals surface area contributed by atoms with Gasteiger partial charge in [-0.1, -0.05) is 6.58 Å². The molecule has 0 spiro atoms. The SMILES string of the molecule is C=C(C)C(=O)NC(C)(C)CC[N+](C)(C)CCC(=O)NCC.[Cl-]. The summed E-state index contributed by atoms with van der Waals surface area (Å²) >= 11 is 0. The van der Waals surface area contributed by atoms with Crippen LogP contribution in [0, 0.1) is 0 Å². The molecular weight excluding hydrogens is 302 g/mol. The maximum Gasteiger partial charge on any atom is 0.246 e. The predicted octanol–water partition coefficient (Wildman–Crippen LogP) is -1.55. The van der Waals surface area contributed by atoms with E-state index in [1.807, 2.05) is 20.8 Å². The van der Waals surface area contributed by atoms with Crippen molar-refractivity contribution in [2.75, 3.05) is 33.7 Å². The predicted molar refractivity (Wildman–Crippen MR) is 86.8 cm³/mol. The third-order valence-electron chi connectivity index (χ3n) is 3.50. The van der Waals surface area contributed by atoms with Gasteiger partial charge in [-0.2, -0.15) is 0 Å². The van der Waals surface area contributed by atoms with Crippen molar-refractivity contribution in [3.63, 3.8) is 0 Å². The van der Waals surface area contributed by atoms with Crippen LogP contribution in [0.1, 0.15) is 40.5 Å². The average Bonchev–Trinajstić information content (AvgIpc) is 2.34. The normalized spacial score (nSPS) is 11.4. The summed E-state index contributed by atoms with van der Waals surface area (Å²) in [6.45, 7) is 13.7. The summed E-state index contributed by atoms with van der Waals surface area (Å²) in [5.74, 6) is -0.00817. The van der Waals surface area contributed by atoms with Gasteiger partial charge in [-0.05, 0) is 27.7 Å². The van der Waals surface area contributed by atoms with E-state index >= 15 is 0 Å². The van der Waals surface area contributed by atoms with Crippen molar-refractivity contribution < 1.29 is 26.5 Å². The summed E-state index contributed by atoms with van der Waals surface area (Å²) in [6, 6.07) is 0. The largest absolute Gasteiger partial charge is 1.00 e. The van der Waals surface area contributed by atoms with Crippen LogP contribution in [-0.4, -0.2) is 55.6 Å². The summed E-state index contributed by atoms with van der Waals surface area (Å²) in [5, 5.41) is 5.80. The Kier molecular flexibility index (Phi) is 10.4. The van der Waals surface area contributed by atoms with Crippen LogP contribution in [0.3, 0.4) is 0 Å². The van der Waals surface area contributed by atoms with Crippen molar-refractivity contribution in [1.29, 1.82) is 0 Å². The Morgan fingerprint density at radius 2 is 1.73 bits per heavy atom. The molecule has 0 aromatic carbocycles. The first-order chi connectivity index (χ1) is 9.49. The summed E-state index contributed by atoms with van der Waals surface area (Å²) in [7, 11) is 4.21. The number of quaternary nitrogens is 1. The first-order valence-corrected chi connectivity index (χ1v) is 7.56. The van der Waals surface area contributed by atoms with E-state index in [1.165, 1.54) is 0 Å². The second-order valence-corrected chi connectivity index (χ2v) is 6.95. The molecule has 0 fully saturated rings. The Morgan fingerprint density at radius 3 is 2.18 bits per heavy atom. The molecule has 0 saturated heterocycles. The van der Waals surface area contributed by atoms with Crippen LogP contribution in [-0.2, 0) is 9.59 Å². The monoisotopic (exact) mass is 333 g/mol. The fourth-order valence-electron chi connectivity index (χ4n) is 1.86. The molecule has 0 heterocycles.